The highest BCUT2D eigenvalue weighted by Gasteiger charge is 2.46. The first-order valence-corrected chi connectivity index (χ1v) is 14.7. The lowest BCUT2D eigenvalue weighted by Crippen LogP contribution is -2.31. The van der Waals surface area contributed by atoms with Crippen LogP contribution in [-0.2, 0) is 22.6 Å². The van der Waals surface area contributed by atoms with Crippen molar-refractivity contribution in [2.45, 2.75) is 65.6 Å². The Morgan fingerprint density at radius 3 is 2.69 bits per heavy atom. The monoisotopic (exact) mass is 573 g/mol. The van der Waals surface area contributed by atoms with E-state index in [2.05, 4.69) is 18.8 Å². The Morgan fingerprint density at radius 1 is 1.12 bits per heavy atom. The number of fused-ring (bicyclic) bond motifs is 1. The van der Waals surface area contributed by atoms with Crippen LogP contribution in [0.5, 0.6) is 17.2 Å². The van der Waals surface area contributed by atoms with E-state index in [1.807, 2.05) is 48.9 Å². The molecule has 2 aliphatic rings. The highest BCUT2D eigenvalue weighted by Crippen LogP contribution is 2.43. The number of nitrogens with zero attached hydrogens (tertiary/aromatic N) is 3. The molecule has 2 atom stereocenters. The minimum absolute atomic E-state index is 0.0386. The van der Waals surface area contributed by atoms with Crippen LogP contribution in [0, 0.1) is 5.92 Å². The zero-order valence-electron chi connectivity index (χ0n) is 24.7. The molecule has 1 aromatic heterocycles. The van der Waals surface area contributed by atoms with Crippen LogP contribution in [0.15, 0.2) is 60.7 Å². The van der Waals surface area contributed by atoms with E-state index < -0.39 is 17.7 Å². The number of likely N-dealkylation sites (tertiary alicyclic amines) is 1. The first kappa shape index (κ1) is 29.2. The number of aliphatic hydroxyl groups is 1. The van der Waals surface area contributed by atoms with Gasteiger partial charge in [-0.15, -0.1) is 0 Å². The summed E-state index contributed by atoms with van der Waals surface area (Å²) in [5.41, 5.74) is 2.16. The minimum Gasteiger partial charge on any atom is -0.507 e. The number of ketones is 1. The standard InChI is InChI=1S/C33H39N3O6/c1-5-40-28-19-23(7-10-27(28)41-16-11-21(2)3)30-29(31(37)24-8-9-26-25(18-24)17-22(4)42-26)32(38)33(39)36(30)14-6-13-35-15-12-34-20-35/h7-10,12,15,18-22,30,37H,5-6,11,13-14,16-17H2,1-4H3/b31-29+. The summed E-state index contributed by atoms with van der Waals surface area (Å²) in [6, 6.07) is 10.1. The smallest absolute Gasteiger partial charge is 0.295 e. The van der Waals surface area contributed by atoms with Gasteiger partial charge in [0.25, 0.3) is 11.7 Å². The van der Waals surface area contributed by atoms with Crippen molar-refractivity contribution in [2.75, 3.05) is 19.8 Å². The fourth-order valence-electron chi connectivity index (χ4n) is 5.51. The minimum atomic E-state index is -0.792. The number of aromatic nitrogens is 2. The summed E-state index contributed by atoms with van der Waals surface area (Å²) in [4.78, 5) is 32.7. The normalized spacial score (nSPS) is 19.3. The SMILES string of the molecule is CCOc1cc(C2/C(=C(\O)c3ccc4c(c3)CC(C)O4)C(=O)C(=O)N2CCCn2ccnc2)ccc1OCCC(C)C. The van der Waals surface area contributed by atoms with Crippen molar-refractivity contribution < 1.29 is 28.9 Å². The van der Waals surface area contributed by atoms with Gasteiger partial charge in [-0.2, -0.15) is 0 Å². The number of imidazole rings is 1. The maximum Gasteiger partial charge on any atom is 0.295 e. The Morgan fingerprint density at radius 2 is 1.95 bits per heavy atom. The lowest BCUT2D eigenvalue weighted by molar-refractivity contribution is -0.139. The number of hydrogen-bond acceptors (Lipinski definition) is 7. The van der Waals surface area contributed by atoms with Crippen molar-refractivity contribution in [3.05, 3.63) is 77.4 Å². The molecule has 9 heteroatoms. The number of Topliss-reactive ketones (excluding diaryl/α,β-unsaturated/α-hetero) is 1. The molecule has 5 rings (SSSR count). The molecule has 0 saturated carbocycles. The summed E-state index contributed by atoms with van der Waals surface area (Å²) in [5.74, 6) is 0.854. The molecule has 2 aliphatic heterocycles. The number of amides is 1. The molecule has 1 amide bonds. The van der Waals surface area contributed by atoms with Gasteiger partial charge in [0, 0.05) is 37.5 Å². The Balaban J connectivity index is 1.53. The molecule has 2 aromatic carbocycles. The van der Waals surface area contributed by atoms with Gasteiger partial charge in [0.2, 0.25) is 0 Å². The van der Waals surface area contributed by atoms with Crippen LogP contribution in [0.2, 0.25) is 0 Å². The van der Waals surface area contributed by atoms with Gasteiger partial charge < -0.3 is 28.8 Å². The van der Waals surface area contributed by atoms with Crippen molar-refractivity contribution in [1.29, 1.82) is 0 Å². The van der Waals surface area contributed by atoms with Crippen LogP contribution < -0.4 is 14.2 Å². The number of aliphatic hydroxyl groups excluding tert-OH is 1. The van der Waals surface area contributed by atoms with Crippen molar-refractivity contribution >= 4 is 17.4 Å². The lowest BCUT2D eigenvalue weighted by atomic mass is 9.94. The van der Waals surface area contributed by atoms with Gasteiger partial charge in [-0.05, 0) is 74.1 Å². The van der Waals surface area contributed by atoms with E-state index in [1.54, 1.807) is 29.6 Å². The predicted octanol–water partition coefficient (Wildman–Crippen LogP) is 5.54. The molecule has 42 heavy (non-hydrogen) atoms. The third kappa shape index (κ3) is 6.15. The largest absolute Gasteiger partial charge is 0.507 e. The fourth-order valence-corrected chi connectivity index (χ4v) is 5.51. The van der Waals surface area contributed by atoms with E-state index in [9.17, 15) is 14.7 Å². The van der Waals surface area contributed by atoms with E-state index in [1.165, 1.54) is 0 Å². The Bertz CT molecular complexity index is 1460. The molecule has 222 valence electrons. The summed E-state index contributed by atoms with van der Waals surface area (Å²) < 4.78 is 19.7. The average molecular weight is 574 g/mol. The van der Waals surface area contributed by atoms with E-state index in [0.717, 1.165) is 17.7 Å². The van der Waals surface area contributed by atoms with Crippen LogP contribution in [0.4, 0.5) is 0 Å². The summed E-state index contributed by atoms with van der Waals surface area (Å²) in [6.45, 7) is 10.1. The second-order valence-corrected chi connectivity index (χ2v) is 11.3. The molecule has 1 N–H and O–H groups in total. The number of aryl methyl sites for hydroxylation is 1. The molecule has 1 fully saturated rings. The van der Waals surface area contributed by atoms with Crippen LogP contribution >= 0.6 is 0 Å². The molecule has 9 nitrogen and oxygen atoms in total. The maximum absolute atomic E-state index is 13.6. The zero-order chi connectivity index (χ0) is 29.8. The van der Waals surface area contributed by atoms with Crippen molar-refractivity contribution in [3.8, 4) is 17.2 Å². The molecular weight excluding hydrogens is 534 g/mol. The van der Waals surface area contributed by atoms with Crippen LogP contribution in [0.1, 0.15) is 63.3 Å². The second-order valence-electron chi connectivity index (χ2n) is 11.3. The highest BCUT2D eigenvalue weighted by atomic mass is 16.5. The number of benzene rings is 2. The van der Waals surface area contributed by atoms with Crippen molar-refractivity contribution in [2.24, 2.45) is 5.92 Å². The van der Waals surface area contributed by atoms with E-state index in [-0.39, 0.29) is 17.4 Å². The van der Waals surface area contributed by atoms with E-state index in [0.29, 0.717) is 67.7 Å². The third-order valence-corrected chi connectivity index (χ3v) is 7.62. The number of hydrogen-bond donors (Lipinski definition) is 1. The van der Waals surface area contributed by atoms with Gasteiger partial charge in [-0.25, -0.2) is 4.98 Å². The van der Waals surface area contributed by atoms with Crippen LogP contribution in [0.3, 0.4) is 0 Å². The first-order chi connectivity index (χ1) is 20.3. The average Bonchev–Trinajstić information content (AvgIpc) is 3.67. The summed E-state index contributed by atoms with van der Waals surface area (Å²) in [5, 5.41) is 11.6. The maximum atomic E-state index is 13.6. The summed E-state index contributed by atoms with van der Waals surface area (Å²) in [6.07, 6.45) is 7.52. The predicted molar refractivity (Wildman–Crippen MR) is 159 cm³/mol. The number of rotatable bonds is 12. The van der Waals surface area contributed by atoms with E-state index >= 15 is 0 Å². The number of ether oxygens (including phenoxy) is 3. The van der Waals surface area contributed by atoms with Gasteiger partial charge in [0.15, 0.2) is 11.5 Å². The molecule has 1 saturated heterocycles. The molecular formula is C33H39N3O6. The Kier molecular flexibility index (Phi) is 8.85. The van der Waals surface area contributed by atoms with Gasteiger partial charge in [0.05, 0.1) is 31.2 Å². The van der Waals surface area contributed by atoms with Crippen LogP contribution in [0.25, 0.3) is 5.76 Å². The molecule has 0 radical (unpaired) electrons. The van der Waals surface area contributed by atoms with Gasteiger partial charge in [-0.1, -0.05) is 19.9 Å². The van der Waals surface area contributed by atoms with Crippen LogP contribution in [-0.4, -0.2) is 57.1 Å². The van der Waals surface area contributed by atoms with E-state index in [4.69, 9.17) is 14.2 Å². The summed E-state index contributed by atoms with van der Waals surface area (Å²) >= 11 is 0. The number of carbonyl (C=O) groups is 2. The van der Waals surface area contributed by atoms with Gasteiger partial charge in [-0.3, -0.25) is 9.59 Å². The zero-order valence-corrected chi connectivity index (χ0v) is 24.7. The second kappa shape index (κ2) is 12.7. The molecule has 3 heterocycles. The Labute approximate surface area is 246 Å². The quantitative estimate of drug-likeness (QED) is 0.172. The third-order valence-electron chi connectivity index (χ3n) is 7.62. The summed E-state index contributed by atoms with van der Waals surface area (Å²) in [7, 11) is 0. The lowest BCUT2D eigenvalue weighted by Gasteiger charge is -2.26. The molecule has 0 aliphatic carbocycles. The molecule has 3 aromatic rings. The molecule has 2 unspecified atom stereocenters. The van der Waals surface area contributed by atoms with Gasteiger partial charge >= 0.3 is 0 Å². The molecule has 0 bridgehead atoms. The molecule has 0 spiro atoms. The van der Waals surface area contributed by atoms with Gasteiger partial charge in [0.1, 0.15) is 17.6 Å². The Hall–Kier alpha value is -4.27. The highest BCUT2D eigenvalue weighted by molar-refractivity contribution is 6.46. The van der Waals surface area contributed by atoms with Crippen molar-refractivity contribution in [1.82, 2.24) is 14.5 Å². The number of carbonyl (C=O) groups excluding carboxylic acids is 2. The first-order valence-electron chi connectivity index (χ1n) is 14.7. The topological polar surface area (TPSA) is 103 Å². The van der Waals surface area contributed by atoms with Crippen molar-refractivity contribution in [3.63, 3.8) is 0 Å². The fraction of sp³-hybridized carbons (Fsp3) is 0.424.